The van der Waals surface area contributed by atoms with Crippen LogP contribution in [0, 0.1) is 6.92 Å². The van der Waals surface area contributed by atoms with E-state index in [-0.39, 0.29) is 0 Å². The fourth-order valence-corrected chi connectivity index (χ4v) is 3.05. The molecule has 0 aromatic heterocycles. The van der Waals surface area contributed by atoms with Gasteiger partial charge in [0.25, 0.3) is 0 Å². The SMILES string of the molecule is [CH2]CC=CCCCCCCCCCCCCCCCCCC. The van der Waals surface area contributed by atoms with Crippen molar-refractivity contribution in [2.24, 2.45) is 0 Å². The summed E-state index contributed by atoms with van der Waals surface area (Å²) in [6, 6.07) is 0. The lowest BCUT2D eigenvalue weighted by Gasteiger charge is -2.03. The van der Waals surface area contributed by atoms with Gasteiger partial charge in [-0.05, 0) is 26.2 Å². The highest BCUT2D eigenvalue weighted by molar-refractivity contribution is 4.81. The highest BCUT2D eigenvalue weighted by Gasteiger charge is 1.94. The molecule has 0 amide bonds. The summed E-state index contributed by atoms with van der Waals surface area (Å²) >= 11 is 0. The molecule has 0 aliphatic heterocycles. The van der Waals surface area contributed by atoms with Crippen LogP contribution in [-0.2, 0) is 0 Å². The quantitative estimate of drug-likeness (QED) is 0.176. The van der Waals surface area contributed by atoms with Crippen LogP contribution < -0.4 is 0 Å². The van der Waals surface area contributed by atoms with Gasteiger partial charge in [0.1, 0.15) is 0 Å². The summed E-state index contributed by atoms with van der Waals surface area (Å²) < 4.78 is 0. The number of unbranched alkanes of at least 4 members (excludes halogenated alkanes) is 16. The molecule has 0 nitrogen and oxygen atoms in total. The van der Waals surface area contributed by atoms with Gasteiger partial charge in [0, 0.05) is 0 Å². The van der Waals surface area contributed by atoms with Gasteiger partial charge in [-0.15, -0.1) is 0 Å². The van der Waals surface area contributed by atoms with E-state index in [1.807, 2.05) is 0 Å². The molecule has 1 radical (unpaired) electrons. The van der Waals surface area contributed by atoms with Crippen molar-refractivity contribution in [3.8, 4) is 0 Å². The molecule has 0 saturated carbocycles. The van der Waals surface area contributed by atoms with E-state index in [1.165, 1.54) is 109 Å². The molecular weight excluding hydrogens is 264 g/mol. The summed E-state index contributed by atoms with van der Waals surface area (Å²) in [6.45, 7) is 6.11. The van der Waals surface area contributed by atoms with Gasteiger partial charge < -0.3 is 0 Å². The number of allylic oxidation sites excluding steroid dienone is 2. The molecule has 0 aliphatic carbocycles. The third kappa shape index (κ3) is 19.7. The van der Waals surface area contributed by atoms with Crippen LogP contribution in [0.15, 0.2) is 12.2 Å². The van der Waals surface area contributed by atoms with Gasteiger partial charge in [-0.25, -0.2) is 0 Å². The monoisotopic (exact) mass is 307 g/mol. The van der Waals surface area contributed by atoms with Crippen LogP contribution >= 0.6 is 0 Å². The lowest BCUT2D eigenvalue weighted by atomic mass is 10.0. The standard InChI is InChI=1S/C22H43/c1-3-5-7-9-11-13-15-17-19-21-22-20-18-16-14-12-10-8-6-4-2/h5,7H,1,3-4,6,8-22H2,2H3. The van der Waals surface area contributed by atoms with Crippen molar-refractivity contribution < 1.29 is 0 Å². The average Bonchev–Trinajstić information content (AvgIpc) is 2.54. The zero-order valence-corrected chi connectivity index (χ0v) is 15.6. The van der Waals surface area contributed by atoms with Gasteiger partial charge in [-0.1, -0.05) is 115 Å². The molecule has 0 spiro atoms. The maximum atomic E-state index is 3.81. The number of hydrogen-bond donors (Lipinski definition) is 0. The van der Waals surface area contributed by atoms with Crippen molar-refractivity contribution in [3.05, 3.63) is 19.1 Å². The molecule has 0 heterocycles. The van der Waals surface area contributed by atoms with Crippen molar-refractivity contribution in [3.63, 3.8) is 0 Å². The molecule has 0 fully saturated rings. The normalized spacial score (nSPS) is 11.5. The van der Waals surface area contributed by atoms with Gasteiger partial charge in [0.2, 0.25) is 0 Å². The third-order valence-corrected chi connectivity index (χ3v) is 4.56. The second-order valence-electron chi connectivity index (χ2n) is 6.85. The largest absolute Gasteiger partial charge is 0.0885 e. The summed E-state index contributed by atoms with van der Waals surface area (Å²) in [5, 5.41) is 0. The average molecular weight is 308 g/mol. The van der Waals surface area contributed by atoms with E-state index in [9.17, 15) is 0 Å². The Kier molecular flexibility index (Phi) is 20.5. The van der Waals surface area contributed by atoms with Crippen LogP contribution in [0.4, 0.5) is 0 Å². The maximum absolute atomic E-state index is 3.81. The highest BCUT2D eigenvalue weighted by atomic mass is 14.0. The smallest absolute Gasteiger partial charge is 0.0351 e. The van der Waals surface area contributed by atoms with E-state index in [0.717, 1.165) is 6.42 Å². The Morgan fingerprint density at radius 2 is 0.864 bits per heavy atom. The molecule has 0 N–H and O–H groups in total. The van der Waals surface area contributed by atoms with Crippen LogP contribution in [0.3, 0.4) is 0 Å². The van der Waals surface area contributed by atoms with E-state index in [4.69, 9.17) is 0 Å². The van der Waals surface area contributed by atoms with Crippen molar-refractivity contribution in [2.45, 2.75) is 122 Å². The first-order valence-electron chi connectivity index (χ1n) is 10.4. The topological polar surface area (TPSA) is 0 Å². The van der Waals surface area contributed by atoms with E-state index in [2.05, 4.69) is 26.0 Å². The van der Waals surface area contributed by atoms with Gasteiger partial charge in [-0.2, -0.15) is 0 Å². The van der Waals surface area contributed by atoms with E-state index < -0.39 is 0 Å². The lowest BCUT2D eigenvalue weighted by Crippen LogP contribution is -1.83. The molecule has 0 rings (SSSR count). The molecule has 131 valence electrons. The Morgan fingerprint density at radius 1 is 0.500 bits per heavy atom. The summed E-state index contributed by atoms with van der Waals surface area (Å²) in [6.07, 6.45) is 29.9. The number of rotatable bonds is 18. The fraction of sp³-hybridized carbons (Fsp3) is 0.864. The molecule has 0 aliphatic rings. The second kappa shape index (κ2) is 20.7. The fourth-order valence-electron chi connectivity index (χ4n) is 3.05. The minimum Gasteiger partial charge on any atom is -0.0885 e. The van der Waals surface area contributed by atoms with E-state index in [1.54, 1.807) is 0 Å². The predicted octanol–water partition coefficient (Wildman–Crippen LogP) is 8.42. The van der Waals surface area contributed by atoms with Gasteiger partial charge in [0.15, 0.2) is 0 Å². The third-order valence-electron chi connectivity index (χ3n) is 4.56. The number of hydrogen-bond acceptors (Lipinski definition) is 0. The molecule has 0 saturated heterocycles. The lowest BCUT2D eigenvalue weighted by molar-refractivity contribution is 0.530. The van der Waals surface area contributed by atoms with Crippen molar-refractivity contribution in [2.75, 3.05) is 0 Å². The van der Waals surface area contributed by atoms with Crippen LogP contribution in [0.25, 0.3) is 0 Å². The first-order valence-corrected chi connectivity index (χ1v) is 10.4. The Hall–Kier alpha value is -0.260. The molecule has 0 aromatic carbocycles. The molecule has 0 aromatic rings. The van der Waals surface area contributed by atoms with Crippen molar-refractivity contribution >= 4 is 0 Å². The summed E-state index contributed by atoms with van der Waals surface area (Å²) in [4.78, 5) is 0. The van der Waals surface area contributed by atoms with Crippen molar-refractivity contribution in [1.82, 2.24) is 0 Å². The summed E-state index contributed by atoms with van der Waals surface area (Å²) in [7, 11) is 0. The Morgan fingerprint density at radius 3 is 1.23 bits per heavy atom. The molecular formula is C22H43. The zero-order chi connectivity index (χ0) is 16.1. The summed E-state index contributed by atoms with van der Waals surface area (Å²) in [5.74, 6) is 0. The Balaban J connectivity index is 2.95. The predicted molar refractivity (Wildman–Crippen MR) is 103 cm³/mol. The van der Waals surface area contributed by atoms with Crippen LogP contribution in [0.2, 0.25) is 0 Å². The van der Waals surface area contributed by atoms with Crippen LogP contribution in [0.5, 0.6) is 0 Å². The molecule has 0 bridgehead atoms. The maximum Gasteiger partial charge on any atom is -0.0351 e. The second-order valence-corrected chi connectivity index (χ2v) is 6.85. The Bertz CT molecular complexity index is 204. The van der Waals surface area contributed by atoms with Crippen LogP contribution in [0.1, 0.15) is 122 Å². The molecule has 0 atom stereocenters. The van der Waals surface area contributed by atoms with E-state index >= 15 is 0 Å². The highest BCUT2D eigenvalue weighted by Crippen LogP contribution is 2.14. The molecule has 0 unspecified atom stereocenters. The summed E-state index contributed by atoms with van der Waals surface area (Å²) in [5.41, 5.74) is 0. The first-order chi connectivity index (χ1) is 10.9. The Labute approximate surface area is 142 Å². The van der Waals surface area contributed by atoms with Gasteiger partial charge >= 0.3 is 0 Å². The van der Waals surface area contributed by atoms with E-state index in [0.29, 0.717) is 0 Å². The van der Waals surface area contributed by atoms with Crippen molar-refractivity contribution in [1.29, 1.82) is 0 Å². The molecule has 0 heteroatoms. The van der Waals surface area contributed by atoms with Gasteiger partial charge in [-0.3, -0.25) is 0 Å². The van der Waals surface area contributed by atoms with Crippen LogP contribution in [-0.4, -0.2) is 0 Å². The minimum absolute atomic E-state index is 0.943. The first kappa shape index (κ1) is 21.7. The zero-order valence-electron chi connectivity index (χ0n) is 15.6. The minimum atomic E-state index is 0.943. The van der Waals surface area contributed by atoms with Gasteiger partial charge in [0.05, 0.1) is 0 Å². The molecule has 22 heavy (non-hydrogen) atoms.